The van der Waals surface area contributed by atoms with Gasteiger partial charge in [-0.1, -0.05) is 15.9 Å². The minimum Gasteiger partial charge on any atom is -0.478 e. The number of benzene rings is 1. The maximum absolute atomic E-state index is 11.8. The Balaban J connectivity index is 1.88. The summed E-state index contributed by atoms with van der Waals surface area (Å²) < 4.78 is 0.608. The van der Waals surface area contributed by atoms with Crippen LogP contribution in [0, 0.1) is 0 Å². The molecule has 1 saturated heterocycles. The van der Waals surface area contributed by atoms with Gasteiger partial charge in [0.2, 0.25) is 0 Å². The fourth-order valence-electron chi connectivity index (χ4n) is 1.82. The number of anilines is 1. The minimum absolute atomic E-state index is 0.124. The quantitative estimate of drug-likeness (QED) is 0.735. The van der Waals surface area contributed by atoms with E-state index in [1.807, 2.05) is 23.5 Å². The summed E-state index contributed by atoms with van der Waals surface area (Å²) in [7, 11) is 0. The van der Waals surface area contributed by atoms with Crippen molar-refractivity contribution >= 4 is 57.1 Å². The van der Waals surface area contributed by atoms with Crippen LogP contribution in [0.15, 0.2) is 22.7 Å². The number of nitrogens with one attached hydrogen (secondary N) is 2. The van der Waals surface area contributed by atoms with E-state index in [4.69, 9.17) is 5.11 Å². The Hall–Kier alpha value is -0.860. The lowest BCUT2D eigenvalue weighted by Crippen LogP contribution is -2.36. The van der Waals surface area contributed by atoms with Crippen LogP contribution in [0.25, 0.3) is 0 Å². The summed E-state index contributed by atoms with van der Waals surface area (Å²) in [5.41, 5.74) is 0.573. The van der Waals surface area contributed by atoms with Gasteiger partial charge in [-0.25, -0.2) is 9.59 Å². The highest BCUT2D eigenvalue weighted by molar-refractivity contribution is 9.10. The first-order chi connectivity index (χ1) is 10.0. The summed E-state index contributed by atoms with van der Waals surface area (Å²) in [4.78, 5) is 22.8. The van der Waals surface area contributed by atoms with E-state index in [1.165, 1.54) is 17.9 Å². The van der Waals surface area contributed by atoms with E-state index in [1.54, 1.807) is 6.07 Å². The maximum Gasteiger partial charge on any atom is 0.335 e. The zero-order chi connectivity index (χ0) is 15.2. The van der Waals surface area contributed by atoms with Gasteiger partial charge < -0.3 is 15.7 Å². The second kappa shape index (κ2) is 7.95. The molecule has 5 nitrogen and oxygen atoms in total. The lowest BCUT2D eigenvalue weighted by molar-refractivity contribution is 0.0697. The first-order valence-electron chi connectivity index (χ1n) is 6.32. The van der Waals surface area contributed by atoms with Crippen molar-refractivity contribution in [2.75, 3.05) is 29.1 Å². The van der Waals surface area contributed by atoms with Gasteiger partial charge in [-0.05, 0) is 18.2 Å². The van der Waals surface area contributed by atoms with Gasteiger partial charge in [0.1, 0.15) is 0 Å². The number of carbonyl (C=O) groups excluding carboxylic acids is 1. The van der Waals surface area contributed by atoms with Gasteiger partial charge in [0.15, 0.2) is 0 Å². The molecule has 0 aromatic heterocycles. The summed E-state index contributed by atoms with van der Waals surface area (Å²) >= 11 is 7.01. The van der Waals surface area contributed by atoms with E-state index in [0.717, 1.165) is 11.5 Å². The third-order valence-electron chi connectivity index (χ3n) is 2.78. The molecule has 1 fully saturated rings. The molecule has 1 aliphatic heterocycles. The zero-order valence-corrected chi connectivity index (χ0v) is 14.3. The average Bonchev–Trinajstić information content (AvgIpc) is 2.45. The standard InChI is InChI=1S/C13H15BrN2O3S2/c14-9-3-8(12(17)18)4-10(5-9)16-13(19)15-6-11-7-20-1-2-21-11/h3-5,11H,1-2,6-7H2,(H,17,18)(H2,15,16,19). The van der Waals surface area contributed by atoms with Gasteiger partial charge in [0.05, 0.1) is 5.56 Å². The summed E-state index contributed by atoms with van der Waals surface area (Å²) in [6, 6.07) is 4.26. The van der Waals surface area contributed by atoms with Crippen molar-refractivity contribution in [2.45, 2.75) is 5.25 Å². The Bertz CT molecular complexity index is 536. The highest BCUT2D eigenvalue weighted by Gasteiger charge is 2.15. The van der Waals surface area contributed by atoms with Crippen molar-refractivity contribution in [3.63, 3.8) is 0 Å². The first-order valence-corrected chi connectivity index (χ1v) is 9.32. The molecule has 114 valence electrons. The normalized spacial score (nSPS) is 18.0. The number of carbonyl (C=O) groups is 2. The molecule has 2 rings (SSSR count). The Kier molecular flexibility index (Phi) is 6.25. The molecule has 8 heteroatoms. The van der Waals surface area contributed by atoms with Crippen molar-refractivity contribution < 1.29 is 14.7 Å². The minimum atomic E-state index is -1.03. The SMILES string of the molecule is O=C(NCC1CSCCS1)Nc1cc(Br)cc(C(=O)O)c1. The number of urea groups is 1. The molecule has 2 amide bonds. The first kappa shape index (κ1) is 16.5. The number of carboxylic acid groups (broad SMARTS) is 1. The molecule has 0 bridgehead atoms. The van der Waals surface area contributed by atoms with Gasteiger partial charge >= 0.3 is 12.0 Å². The predicted molar refractivity (Wildman–Crippen MR) is 91.7 cm³/mol. The van der Waals surface area contributed by atoms with Crippen molar-refractivity contribution in [3.05, 3.63) is 28.2 Å². The molecule has 0 aliphatic carbocycles. The topological polar surface area (TPSA) is 78.4 Å². The van der Waals surface area contributed by atoms with Crippen LogP contribution in [0.1, 0.15) is 10.4 Å². The Morgan fingerprint density at radius 2 is 2.14 bits per heavy atom. The van der Waals surface area contributed by atoms with Crippen LogP contribution in [0.3, 0.4) is 0 Å². The zero-order valence-electron chi connectivity index (χ0n) is 11.1. The molecular weight excluding hydrogens is 376 g/mol. The van der Waals surface area contributed by atoms with Gasteiger partial charge in [-0.2, -0.15) is 23.5 Å². The maximum atomic E-state index is 11.8. The number of rotatable bonds is 4. The number of carboxylic acids is 1. The van der Waals surface area contributed by atoms with E-state index in [-0.39, 0.29) is 11.6 Å². The van der Waals surface area contributed by atoms with Gasteiger partial charge in [0, 0.05) is 39.2 Å². The molecule has 0 saturated carbocycles. The molecular formula is C13H15BrN2O3S2. The third kappa shape index (κ3) is 5.44. The molecule has 0 spiro atoms. The second-order valence-electron chi connectivity index (χ2n) is 4.44. The summed E-state index contributed by atoms with van der Waals surface area (Å²) in [5, 5.41) is 14.9. The van der Waals surface area contributed by atoms with Gasteiger partial charge in [0.25, 0.3) is 0 Å². The molecule has 1 heterocycles. The number of hydrogen-bond donors (Lipinski definition) is 3. The predicted octanol–water partition coefficient (Wildman–Crippen LogP) is 3.12. The van der Waals surface area contributed by atoms with Crippen molar-refractivity contribution in [1.82, 2.24) is 5.32 Å². The van der Waals surface area contributed by atoms with Crippen LogP contribution >= 0.6 is 39.5 Å². The van der Waals surface area contributed by atoms with Crippen molar-refractivity contribution in [1.29, 1.82) is 0 Å². The van der Waals surface area contributed by atoms with Crippen LogP contribution < -0.4 is 10.6 Å². The Morgan fingerprint density at radius 1 is 1.33 bits per heavy atom. The molecule has 1 aliphatic rings. The lowest BCUT2D eigenvalue weighted by atomic mass is 10.2. The highest BCUT2D eigenvalue weighted by atomic mass is 79.9. The van der Waals surface area contributed by atoms with Crippen molar-refractivity contribution in [2.24, 2.45) is 0 Å². The summed E-state index contributed by atoms with van der Waals surface area (Å²) in [6.07, 6.45) is 0. The molecule has 1 aromatic rings. The van der Waals surface area contributed by atoms with Crippen LogP contribution in [0.5, 0.6) is 0 Å². The Morgan fingerprint density at radius 3 is 2.81 bits per heavy atom. The molecule has 3 N–H and O–H groups in total. The molecule has 1 atom stereocenters. The molecule has 1 aromatic carbocycles. The van der Waals surface area contributed by atoms with E-state index >= 15 is 0 Å². The van der Waals surface area contributed by atoms with E-state index in [9.17, 15) is 9.59 Å². The number of hydrogen-bond acceptors (Lipinski definition) is 4. The van der Waals surface area contributed by atoms with Crippen LogP contribution in [-0.2, 0) is 0 Å². The van der Waals surface area contributed by atoms with E-state index in [0.29, 0.717) is 22.0 Å². The lowest BCUT2D eigenvalue weighted by Gasteiger charge is -2.21. The van der Waals surface area contributed by atoms with E-state index in [2.05, 4.69) is 26.6 Å². The molecule has 21 heavy (non-hydrogen) atoms. The smallest absolute Gasteiger partial charge is 0.335 e. The average molecular weight is 391 g/mol. The second-order valence-corrected chi connectivity index (χ2v) is 7.91. The number of aromatic carboxylic acids is 1. The van der Waals surface area contributed by atoms with Crippen LogP contribution in [0.4, 0.5) is 10.5 Å². The number of halogens is 1. The molecule has 0 radical (unpaired) electrons. The highest BCUT2D eigenvalue weighted by Crippen LogP contribution is 2.23. The van der Waals surface area contributed by atoms with Gasteiger partial charge in [-0.15, -0.1) is 0 Å². The third-order valence-corrected chi connectivity index (χ3v) is 6.08. The fraction of sp³-hybridized carbons (Fsp3) is 0.385. The number of thioether (sulfide) groups is 2. The van der Waals surface area contributed by atoms with E-state index < -0.39 is 5.97 Å². The largest absolute Gasteiger partial charge is 0.478 e. The van der Waals surface area contributed by atoms with Crippen LogP contribution in [-0.4, -0.2) is 46.2 Å². The summed E-state index contributed by atoms with van der Waals surface area (Å²) in [5.74, 6) is 2.30. The molecule has 1 unspecified atom stereocenters. The van der Waals surface area contributed by atoms with Gasteiger partial charge in [-0.3, -0.25) is 0 Å². The monoisotopic (exact) mass is 390 g/mol. The van der Waals surface area contributed by atoms with Crippen molar-refractivity contribution in [3.8, 4) is 0 Å². The number of amides is 2. The summed E-state index contributed by atoms with van der Waals surface area (Å²) in [6.45, 7) is 0.614. The Labute approximate surface area is 139 Å². The fourth-order valence-corrected chi connectivity index (χ4v) is 4.93. The van der Waals surface area contributed by atoms with Crippen LogP contribution in [0.2, 0.25) is 0 Å².